The molecule has 0 amide bonds. The Labute approximate surface area is 213 Å². The van der Waals surface area contributed by atoms with Crippen molar-refractivity contribution in [3.8, 4) is 0 Å². The molecule has 6 heteroatoms. The molecule has 0 N–H and O–H groups in total. The lowest BCUT2D eigenvalue weighted by Gasteiger charge is -2.58. The average molecular weight is 521 g/mol. The molecular weight excluding hydrogens is 469 g/mol. The zero-order valence-corrected chi connectivity index (χ0v) is 27.1. The lowest BCUT2D eigenvalue weighted by molar-refractivity contribution is -0.0644. The molecule has 2 fully saturated rings. The molecule has 2 saturated carbocycles. The lowest BCUT2D eigenvalue weighted by atomic mass is 9.48. The summed E-state index contributed by atoms with van der Waals surface area (Å²) in [5.74, 6) is 4.77. The van der Waals surface area contributed by atoms with Crippen molar-refractivity contribution in [2.45, 2.75) is 124 Å². The van der Waals surface area contributed by atoms with Gasteiger partial charge < -0.3 is 13.3 Å². The van der Waals surface area contributed by atoms with Gasteiger partial charge in [-0.15, -0.1) is 0 Å². The van der Waals surface area contributed by atoms with Crippen molar-refractivity contribution in [3.05, 3.63) is 23.2 Å². The van der Waals surface area contributed by atoms with Gasteiger partial charge in [0.15, 0.2) is 8.32 Å². The van der Waals surface area contributed by atoms with Crippen LogP contribution in [0.4, 0.5) is 0 Å². The van der Waals surface area contributed by atoms with Gasteiger partial charge in [-0.1, -0.05) is 13.8 Å². The van der Waals surface area contributed by atoms with E-state index in [4.69, 9.17) is 13.3 Å². The van der Waals surface area contributed by atoms with Gasteiger partial charge in [0, 0.05) is 12.8 Å². The summed E-state index contributed by atoms with van der Waals surface area (Å²) < 4.78 is 20.3. The number of hydrogen-bond donors (Lipinski definition) is 0. The van der Waals surface area contributed by atoms with Crippen LogP contribution in [0.3, 0.4) is 0 Å². The third-order valence-electron chi connectivity index (χ3n) is 9.06. The third-order valence-corrected chi connectivity index (χ3v) is 11.8. The SMILES string of the molecule is C[C@]12CCC(O[Si](C)(C)C)=CC1=C(O[Si](C)(C)C)CC1C2CC[C@@]2(C)C1CC[C@@H]2O[Si](C)(C)C. The Bertz CT molecular complexity index is 860. The molecule has 194 valence electrons. The maximum absolute atomic E-state index is 6.93. The highest BCUT2D eigenvalue weighted by molar-refractivity contribution is 6.70. The molecule has 4 rings (SSSR count). The van der Waals surface area contributed by atoms with Gasteiger partial charge in [-0.3, -0.25) is 0 Å². The predicted octanol–water partition coefficient (Wildman–Crippen LogP) is 8.69. The highest BCUT2D eigenvalue weighted by Gasteiger charge is 2.60. The number of fused-ring (bicyclic) bond motifs is 5. The molecule has 4 aliphatic carbocycles. The van der Waals surface area contributed by atoms with E-state index in [0.717, 1.165) is 30.6 Å². The van der Waals surface area contributed by atoms with E-state index in [1.807, 2.05) is 0 Å². The van der Waals surface area contributed by atoms with Crippen molar-refractivity contribution < 1.29 is 13.3 Å². The Hall–Kier alpha value is -0.309. The van der Waals surface area contributed by atoms with E-state index in [2.05, 4.69) is 78.8 Å². The maximum atomic E-state index is 6.93. The van der Waals surface area contributed by atoms with Crippen molar-refractivity contribution in [2.75, 3.05) is 0 Å². The smallest absolute Gasteiger partial charge is 0.241 e. The van der Waals surface area contributed by atoms with Crippen LogP contribution >= 0.6 is 0 Å². The zero-order valence-electron chi connectivity index (χ0n) is 24.1. The van der Waals surface area contributed by atoms with Gasteiger partial charge in [-0.25, -0.2) is 0 Å². The second kappa shape index (κ2) is 8.63. The zero-order chi connectivity index (χ0) is 25.3. The number of hydrogen-bond acceptors (Lipinski definition) is 3. The fourth-order valence-corrected chi connectivity index (χ4v) is 11.0. The Balaban J connectivity index is 1.72. The van der Waals surface area contributed by atoms with Crippen molar-refractivity contribution in [3.63, 3.8) is 0 Å². The Morgan fingerprint density at radius 3 is 2.00 bits per heavy atom. The third kappa shape index (κ3) is 5.21. The first-order chi connectivity index (χ1) is 15.4. The van der Waals surface area contributed by atoms with Crippen LogP contribution in [0, 0.1) is 28.6 Å². The fourth-order valence-electron chi connectivity index (χ4n) is 7.90. The van der Waals surface area contributed by atoms with Crippen molar-refractivity contribution >= 4 is 25.0 Å². The molecule has 3 nitrogen and oxygen atoms in total. The largest absolute Gasteiger partial charge is 0.547 e. The van der Waals surface area contributed by atoms with Gasteiger partial charge in [0.1, 0.15) is 0 Å². The first-order valence-electron chi connectivity index (χ1n) is 13.9. The van der Waals surface area contributed by atoms with Crippen molar-refractivity contribution in [1.82, 2.24) is 0 Å². The Morgan fingerprint density at radius 1 is 0.765 bits per heavy atom. The van der Waals surface area contributed by atoms with E-state index < -0.39 is 25.0 Å². The monoisotopic (exact) mass is 520 g/mol. The molecule has 6 atom stereocenters. The Morgan fingerprint density at radius 2 is 1.41 bits per heavy atom. The summed E-state index contributed by atoms with van der Waals surface area (Å²) in [6.07, 6.45) is 11.5. The molecule has 4 aliphatic rings. The van der Waals surface area contributed by atoms with E-state index in [9.17, 15) is 0 Å². The summed E-state index contributed by atoms with van der Waals surface area (Å²) in [6, 6.07) is 0. The second-order valence-corrected chi connectivity index (χ2v) is 28.5. The summed E-state index contributed by atoms with van der Waals surface area (Å²) >= 11 is 0. The van der Waals surface area contributed by atoms with Gasteiger partial charge in [0.05, 0.1) is 17.6 Å². The molecule has 34 heavy (non-hydrogen) atoms. The van der Waals surface area contributed by atoms with E-state index in [1.165, 1.54) is 49.2 Å². The van der Waals surface area contributed by atoms with Crippen LogP contribution in [0.2, 0.25) is 58.9 Å². The van der Waals surface area contributed by atoms with Crippen molar-refractivity contribution in [1.29, 1.82) is 0 Å². The molecule has 0 aromatic heterocycles. The summed E-state index contributed by atoms with van der Waals surface area (Å²) in [5, 5.41) is 0. The first-order valence-corrected chi connectivity index (χ1v) is 24.1. The molecule has 0 heterocycles. The van der Waals surface area contributed by atoms with E-state index in [-0.39, 0.29) is 5.41 Å². The summed E-state index contributed by atoms with van der Waals surface area (Å²) in [4.78, 5) is 0. The molecule has 0 aliphatic heterocycles. The summed E-state index contributed by atoms with van der Waals surface area (Å²) in [5.41, 5.74) is 2.03. The quantitative estimate of drug-likeness (QED) is 0.328. The predicted molar refractivity (Wildman–Crippen MR) is 151 cm³/mol. The highest BCUT2D eigenvalue weighted by Crippen LogP contribution is 2.66. The van der Waals surface area contributed by atoms with Crippen LogP contribution in [0.5, 0.6) is 0 Å². The van der Waals surface area contributed by atoms with Crippen LogP contribution in [-0.4, -0.2) is 31.1 Å². The Kier molecular flexibility index (Phi) is 6.79. The van der Waals surface area contributed by atoms with Gasteiger partial charge >= 0.3 is 0 Å². The van der Waals surface area contributed by atoms with E-state index in [0.29, 0.717) is 11.5 Å². The van der Waals surface area contributed by atoms with Gasteiger partial charge in [0.2, 0.25) is 16.6 Å². The minimum atomic E-state index is -1.72. The van der Waals surface area contributed by atoms with Gasteiger partial charge in [-0.2, -0.15) is 0 Å². The van der Waals surface area contributed by atoms with Crippen LogP contribution in [-0.2, 0) is 13.3 Å². The topological polar surface area (TPSA) is 27.7 Å². The number of allylic oxidation sites excluding steroid dienone is 4. The average Bonchev–Trinajstić information content (AvgIpc) is 2.95. The summed E-state index contributed by atoms with van der Waals surface area (Å²) in [7, 11) is -4.88. The van der Waals surface area contributed by atoms with Gasteiger partial charge in [-0.05, 0) is 131 Å². The minimum absolute atomic E-state index is 0.212. The molecule has 0 spiro atoms. The maximum Gasteiger partial charge on any atom is 0.241 e. The van der Waals surface area contributed by atoms with Crippen LogP contribution in [0.1, 0.15) is 58.8 Å². The highest BCUT2D eigenvalue weighted by atomic mass is 28.4. The molecule has 3 unspecified atom stereocenters. The standard InChI is InChI=1S/C28H52O3Si3/c1-27-16-14-20(29-32(3,4)5)18-24(27)25(30-33(6,7)8)19-21-22-12-13-26(31-34(9,10)11)28(22,2)17-15-23(21)27/h18,21-23,26H,12-17,19H2,1-11H3/t21?,22?,23?,26-,27+,28-/m0/s1. The van der Waals surface area contributed by atoms with E-state index >= 15 is 0 Å². The van der Waals surface area contributed by atoms with Gasteiger partial charge in [0.25, 0.3) is 0 Å². The normalized spacial score (nSPS) is 38.6. The van der Waals surface area contributed by atoms with Crippen molar-refractivity contribution in [2.24, 2.45) is 28.6 Å². The van der Waals surface area contributed by atoms with Crippen LogP contribution < -0.4 is 0 Å². The van der Waals surface area contributed by atoms with Crippen LogP contribution in [0.25, 0.3) is 0 Å². The molecule has 0 bridgehead atoms. The molecule has 0 radical (unpaired) electrons. The number of rotatable bonds is 6. The summed E-state index contributed by atoms with van der Waals surface area (Å²) in [6.45, 7) is 26.2. The minimum Gasteiger partial charge on any atom is -0.547 e. The molecule has 0 aromatic rings. The second-order valence-electron chi connectivity index (χ2n) is 15.2. The van der Waals surface area contributed by atoms with Crippen LogP contribution in [0.15, 0.2) is 23.2 Å². The first kappa shape index (κ1) is 26.7. The van der Waals surface area contributed by atoms with E-state index in [1.54, 1.807) is 0 Å². The molecule has 0 aromatic carbocycles. The fraction of sp³-hybridized carbons (Fsp3) is 0.857. The lowest BCUT2D eigenvalue weighted by Crippen LogP contribution is -2.52. The molecule has 0 saturated heterocycles. The molecular formula is C28H52O3Si3.